The monoisotopic (exact) mass is 292 g/mol. The van der Waals surface area contributed by atoms with Crippen molar-refractivity contribution in [2.24, 2.45) is 11.8 Å². The molecule has 4 nitrogen and oxygen atoms in total. The molecule has 4 aliphatic rings. The fraction of sp³-hybridized carbons (Fsp3) is 0.941. The van der Waals surface area contributed by atoms with Gasteiger partial charge in [-0.25, -0.2) is 0 Å². The molecule has 0 aliphatic carbocycles. The maximum Gasteiger partial charge on any atom is 0.222 e. The summed E-state index contributed by atoms with van der Waals surface area (Å²) in [6, 6.07) is 1.20. The number of carbonyl (C=O) groups excluding carboxylic acids is 1. The van der Waals surface area contributed by atoms with Crippen LogP contribution < -0.4 is 0 Å². The summed E-state index contributed by atoms with van der Waals surface area (Å²) < 4.78 is 5.89. The molecule has 0 aromatic rings. The predicted molar refractivity (Wildman–Crippen MR) is 81.0 cm³/mol. The molecule has 0 spiro atoms. The van der Waals surface area contributed by atoms with Gasteiger partial charge in [0, 0.05) is 44.7 Å². The Hall–Kier alpha value is -0.610. The van der Waals surface area contributed by atoms with Crippen LogP contribution in [0.1, 0.15) is 45.4 Å². The fourth-order valence-electron chi connectivity index (χ4n) is 5.44. The molecule has 4 rings (SSSR count). The van der Waals surface area contributed by atoms with E-state index in [0.717, 1.165) is 31.9 Å². The van der Waals surface area contributed by atoms with Crippen molar-refractivity contribution in [3.8, 4) is 0 Å². The summed E-state index contributed by atoms with van der Waals surface area (Å²) in [4.78, 5) is 17.3. The number of carbonyl (C=O) groups is 1. The van der Waals surface area contributed by atoms with Gasteiger partial charge in [-0.15, -0.1) is 0 Å². The maximum atomic E-state index is 12.3. The Morgan fingerprint density at radius 3 is 2.86 bits per heavy atom. The highest BCUT2D eigenvalue weighted by molar-refractivity contribution is 5.77. The Kier molecular flexibility index (Phi) is 3.70. The molecule has 2 bridgehead atoms. The lowest BCUT2D eigenvalue weighted by Gasteiger charge is -2.57. The van der Waals surface area contributed by atoms with Gasteiger partial charge < -0.3 is 9.64 Å². The van der Waals surface area contributed by atoms with E-state index in [0.29, 0.717) is 30.0 Å². The molecule has 4 saturated heterocycles. The SMILES string of the molecule is CCO[C@H]1CCN2C[C@H]3C[C@H](CN4C(=O)CCC[C@@H]34)[C@@H]2C1. The Balaban J connectivity index is 1.51. The molecular weight excluding hydrogens is 264 g/mol. The summed E-state index contributed by atoms with van der Waals surface area (Å²) in [7, 11) is 0. The normalized spacial score (nSPS) is 43.4. The maximum absolute atomic E-state index is 12.3. The third-order valence-electron chi connectivity index (χ3n) is 6.32. The zero-order valence-electron chi connectivity index (χ0n) is 13.2. The van der Waals surface area contributed by atoms with Crippen molar-refractivity contribution in [1.29, 1.82) is 0 Å². The molecule has 0 aromatic carbocycles. The van der Waals surface area contributed by atoms with Crippen molar-refractivity contribution in [3.05, 3.63) is 0 Å². The lowest BCUT2D eigenvalue weighted by molar-refractivity contribution is -0.150. The van der Waals surface area contributed by atoms with E-state index in [2.05, 4.69) is 16.7 Å². The minimum absolute atomic E-state index is 0.423. The first-order valence-electron chi connectivity index (χ1n) is 8.91. The average molecular weight is 292 g/mol. The van der Waals surface area contributed by atoms with Crippen LogP contribution in [0.25, 0.3) is 0 Å². The van der Waals surface area contributed by atoms with Crippen molar-refractivity contribution in [1.82, 2.24) is 9.80 Å². The minimum Gasteiger partial charge on any atom is -0.378 e. The van der Waals surface area contributed by atoms with Gasteiger partial charge in [0.2, 0.25) is 5.91 Å². The van der Waals surface area contributed by atoms with Crippen molar-refractivity contribution in [2.45, 2.75) is 63.6 Å². The molecule has 0 N–H and O–H groups in total. The number of ether oxygens (including phenoxy) is 1. The highest BCUT2D eigenvalue weighted by atomic mass is 16.5. The molecule has 0 radical (unpaired) electrons. The molecule has 118 valence electrons. The molecule has 4 aliphatic heterocycles. The average Bonchev–Trinajstić information content (AvgIpc) is 2.49. The molecule has 4 heteroatoms. The molecule has 0 aromatic heterocycles. The summed E-state index contributed by atoms with van der Waals surface area (Å²) >= 11 is 0. The molecule has 0 unspecified atom stereocenters. The second-order valence-electron chi connectivity index (χ2n) is 7.43. The quantitative estimate of drug-likeness (QED) is 0.779. The first-order chi connectivity index (χ1) is 10.3. The Morgan fingerprint density at radius 1 is 1.14 bits per heavy atom. The zero-order chi connectivity index (χ0) is 14.4. The molecule has 4 heterocycles. The largest absolute Gasteiger partial charge is 0.378 e. The van der Waals surface area contributed by atoms with E-state index in [4.69, 9.17) is 4.74 Å². The number of nitrogens with zero attached hydrogens (tertiary/aromatic N) is 2. The van der Waals surface area contributed by atoms with Gasteiger partial charge in [-0.3, -0.25) is 9.69 Å². The Bertz CT molecular complexity index is 414. The van der Waals surface area contributed by atoms with E-state index in [-0.39, 0.29) is 0 Å². The highest BCUT2D eigenvalue weighted by Gasteiger charge is 2.49. The highest BCUT2D eigenvalue weighted by Crippen LogP contribution is 2.43. The van der Waals surface area contributed by atoms with Crippen LogP contribution in [0.5, 0.6) is 0 Å². The van der Waals surface area contributed by atoms with Crippen LogP contribution in [0.2, 0.25) is 0 Å². The molecule has 4 fully saturated rings. The lowest BCUT2D eigenvalue weighted by Crippen LogP contribution is -2.65. The number of fused-ring (bicyclic) bond motifs is 6. The van der Waals surface area contributed by atoms with Gasteiger partial charge in [0.15, 0.2) is 0 Å². The van der Waals surface area contributed by atoms with E-state index in [1.54, 1.807) is 0 Å². The van der Waals surface area contributed by atoms with E-state index in [9.17, 15) is 4.79 Å². The van der Waals surface area contributed by atoms with E-state index >= 15 is 0 Å². The molecule has 21 heavy (non-hydrogen) atoms. The number of hydrogen-bond acceptors (Lipinski definition) is 3. The number of rotatable bonds is 2. The third kappa shape index (κ3) is 2.40. The standard InChI is InChI=1S/C17H28N2O2/c1-2-21-14-6-7-18-10-12-8-13(16(18)9-14)11-19-15(12)4-3-5-17(19)20/h12-16H,2-11H2,1H3/t12-,13-,14+,15+,16+/m1/s1. The molecule has 1 amide bonds. The third-order valence-corrected chi connectivity index (χ3v) is 6.32. The number of hydrogen-bond donors (Lipinski definition) is 0. The van der Waals surface area contributed by atoms with Crippen molar-refractivity contribution in [2.75, 3.05) is 26.2 Å². The molecular formula is C17H28N2O2. The van der Waals surface area contributed by atoms with E-state index in [1.807, 2.05) is 0 Å². The first kappa shape index (κ1) is 14.0. The smallest absolute Gasteiger partial charge is 0.222 e. The van der Waals surface area contributed by atoms with Crippen LogP contribution in [-0.4, -0.2) is 60.1 Å². The van der Waals surface area contributed by atoms with Crippen LogP contribution in [0.3, 0.4) is 0 Å². The first-order valence-corrected chi connectivity index (χ1v) is 8.91. The van der Waals surface area contributed by atoms with Gasteiger partial charge in [0.1, 0.15) is 0 Å². The van der Waals surface area contributed by atoms with Gasteiger partial charge in [-0.1, -0.05) is 0 Å². The van der Waals surface area contributed by atoms with Crippen molar-refractivity contribution < 1.29 is 9.53 Å². The van der Waals surface area contributed by atoms with Crippen LogP contribution in [-0.2, 0) is 9.53 Å². The van der Waals surface area contributed by atoms with Crippen molar-refractivity contribution >= 4 is 5.91 Å². The summed E-state index contributed by atoms with van der Waals surface area (Å²) in [5, 5.41) is 0. The van der Waals surface area contributed by atoms with Crippen LogP contribution in [0.4, 0.5) is 0 Å². The summed E-state index contributed by atoms with van der Waals surface area (Å²) in [6.07, 6.45) is 7.29. The van der Waals surface area contributed by atoms with Crippen LogP contribution in [0.15, 0.2) is 0 Å². The van der Waals surface area contributed by atoms with Gasteiger partial charge in [-0.2, -0.15) is 0 Å². The molecule has 0 saturated carbocycles. The summed E-state index contributed by atoms with van der Waals surface area (Å²) in [5.74, 6) is 1.84. The topological polar surface area (TPSA) is 32.8 Å². The minimum atomic E-state index is 0.423. The van der Waals surface area contributed by atoms with Crippen LogP contribution >= 0.6 is 0 Å². The molecule has 5 atom stereocenters. The van der Waals surface area contributed by atoms with Gasteiger partial charge in [0.05, 0.1) is 6.10 Å². The van der Waals surface area contributed by atoms with Gasteiger partial charge in [-0.05, 0) is 50.9 Å². The van der Waals surface area contributed by atoms with Gasteiger partial charge in [0.25, 0.3) is 0 Å². The Morgan fingerprint density at radius 2 is 2.00 bits per heavy atom. The van der Waals surface area contributed by atoms with Crippen molar-refractivity contribution in [3.63, 3.8) is 0 Å². The number of piperidine rings is 4. The van der Waals surface area contributed by atoms with E-state index < -0.39 is 0 Å². The van der Waals surface area contributed by atoms with Crippen LogP contribution in [0, 0.1) is 11.8 Å². The predicted octanol–water partition coefficient (Wildman–Crippen LogP) is 1.89. The summed E-state index contributed by atoms with van der Waals surface area (Å²) in [5.41, 5.74) is 0. The fourth-order valence-corrected chi connectivity index (χ4v) is 5.44. The zero-order valence-corrected chi connectivity index (χ0v) is 13.2. The lowest BCUT2D eigenvalue weighted by atomic mass is 9.70. The van der Waals surface area contributed by atoms with E-state index in [1.165, 1.54) is 38.8 Å². The second-order valence-corrected chi connectivity index (χ2v) is 7.43. The summed E-state index contributed by atoms with van der Waals surface area (Å²) in [6.45, 7) is 6.36. The second kappa shape index (κ2) is 5.54. The Labute approximate surface area is 127 Å². The van der Waals surface area contributed by atoms with Gasteiger partial charge >= 0.3 is 0 Å². The number of amides is 1.